The van der Waals surface area contributed by atoms with Gasteiger partial charge in [-0.3, -0.25) is 9.69 Å². The minimum Gasteiger partial charge on any atom is -0.355 e. The van der Waals surface area contributed by atoms with Gasteiger partial charge in [0, 0.05) is 32.1 Å². The second-order valence-corrected chi connectivity index (χ2v) is 10.4. The van der Waals surface area contributed by atoms with Crippen molar-refractivity contribution in [3.63, 3.8) is 0 Å². The van der Waals surface area contributed by atoms with E-state index in [9.17, 15) is 13.2 Å². The molecule has 1 aromatic carbocycles. The lowest BCUT2D eigenvalue weighted by molar-refractivity contribution is -0.121. The maximum Gasteiger partial charge on any atom is 0.240 e. The summed E-state index contributed by atoms with van der Waals surface area (Å²) in [4.78, 5) is 14.6. The van der Waals surface area contributed by atoms with Crippen LogP contribution < -0.4 is 10.0 Å². The molecule has 1 aliphatic heterocycles. The second kappa shape index (κ2) is 9.85. The zero-order valence-corrected chi connectivity index (χ0v) is 18.4. The van der Waals surface area contributed by atoms with Crippen molar-refractivity contribution in [1.29, 1.82) is 0 Å². The van der Waals surface area contributed by atoms with Gasteiger partial charge < -0.3 is 5.32 Å². The monoisotopic (exact) mass is 409 g/mol. The van der Waals surface area contributed by atoms with E-state index in [1.54, 1.807) is 12.1 Å². The number of benzene rings is 1. The van der Waals surface area contributed by atoms with E-state index in [-0.39, 0.29) is 29.2 Å². The number of piperidine rings is 1. The van der Waals surface area contributed by atoms with Crippen LogP contribution in [0.25, 0.3) is 0 Å². The molecule has 1 aromatic rings. The first kappa shape index (κ1) is 22.8. The summed E-state index contributed by atoms with van der Waals surface area (Å²) in [5.41, 5.74) is 1.05. The molecule has 2 rings (SSSR count). The van der Waals surface area contributed by atoms with Crippen molar-refractivity contribution < 1.29 is 13.2 Å². The first-order chi connectivity index (χ1) is 13.1. The summed E-state index contributed by atoms with van der Waals surface area (Å²) in [7, 11) is -3.60. The van der Waals surface area contributed by atoms with Crippen LogP contribution in [0.4, 0.5) is 0 Å². The van der Waals surface area contributed by atoms with Gasteiger partial charge in [-0.05, 0) is 49.4 Å². The third-order valence-corrected chi connectivity index (χ3v) is 6.81. The number of hydrogen-bond donors (Lipinski definition) is 2. The molecule has 158 valence electrons. The summed E-state index contributed by atoms with van der Waals surface area (Å²) < 4.78 is 27.3. The number of hydrogen-bond acceptors (Lipinski definition) is 4. The summed E-state index contributed by atoms with van der Waals surface area (Å²) in [5, 5.41) is 2.89. The minimum absolute atomic E-state index is 0.0280. The maximum absolute atomic E-state index is 12.4. The van der Waals surface area contributed by atoms with Crippen LogP contribution in [-0.2, 0) is 20.2 Å². The number of likely N-dealkylation sites (tertiary alicyclic amines) is 1. The summed E-state index contributed by atoms with van der Waals surface area (Å²) >= 11 is 0. The Labute approximate surface area is 170 Å². The third-order valence-electron chi connectivity index (χ3n) is 5.34. The van der Waals surface area contributed by atoms with Gasteiger partial charge in [-0.1, -0.05) is 39.3 Å². The van der Waals surface area contributed by atoms with Crippen molar-refractivity contribution in [3.05, 3.63) is 29.8 Å². The van der Waals surface area contributed by atoms with Crippen LogP contribution in [0.5, 0.6) is 0 Å². The number of rotatable bonds is 8. The Bertz CT molecular complexity index is 739. The highest BCUT2D eigenvalue weighted by molar-refractivity contribution is 7.89. The molecule has 1 aliphatic rings. The summed E-state index contributed by atoms with van der Waals surface area (Å²) in [6.07, 6.45) is 3.85. The van der Waals surface area contributed by atoms with Gasteiger partial charge in [0.2, 0.25) is 15.9 Å². The Hall–Kier alpha value is -1.44. The lowest BCUT2D eigenvalue weighted by Crippen LogP contribution is -2.42. The number of amides is 1. The van der Waals surface area contributed by atoms with Gasteiger partial charge in [-0.2, -0.15) is 0 Å². The van der Waals surface area contributed by atoms with Crippen molar-refractivity contribution in [3.8, 4) is 0 Å². The SMILES string of the molecule is CC1CCCCN1CCNC(=O)CCNS(=O)(=O)c1ccc(C(C)(C)C)cc1. The number of carbonyl (C=O) groups excluding carboxylic acids is 1. The molecular formula is C21H35N3O3S. The first-order valence-electron chi connectivity index (χ1n) is 10.2. The fourth-order valence-electron chi connectivity index (χ4n) is 3.43. The predicted octanol–water partition coefficient (Wildman–Crippen LogP) is 2.64. The van der Waals surface area contributed by atoms with E-state index in [2.05, 4.69) is 42.6 Å². The molecule has 0 aromatic heterocycles. The van der Waals surface area contributed by atoms with Crippen molar-refractivity contribution in [2.75, 3.05) is 26.2 Å². The fraction of sp³-hybridized carbons (Fsp3) is 0.667. The topological polar surface area (TPSA) is 78.5 Å². The van der Waals surface area contributed by atoms with Crippen molar-refractivity contribution in [1.82, 2.24) is 14.9 Å². The van der Waals surface area contributed by atoms with E-state index >= 15 is 0 Å². The number of sulfonamides is 1. The molecule has 0 aliphatic carbocycles. The molecule has 7 heteroatoms. The smallest absolute Gasteiger partial charge is 0.240 e. The fourth-order valence-corrected chi connectivity index (χ4v) is 4.47. The Morgan fingerprint density at radius 1 is 1.14 bits per heavy atom. The van der Waals surface area contributed by atoms with E-state index < -0.39 is 10.0 Å². The molecule has 1 heterocycles. The molecule has 1 amide bonds. The van der Waals surface area contributed by atoms with Crippen LogP contribution >= 0.6 is 0 Å². The molecule has 1 unspecified atom stereocenters. The van der Waals surface area contributed by atoms with Crippen molar-refractivity contribution in [2.24, 2.45) is 0 Å². The van der Waals surface area contributed by atoms with E-state index in [4.69, 9.17) is 0 Å². The highest BCUT2D eigenvalue weighted by Crippen LogP contribution is 2.23. The molecule has 2 N–H and O–H groups in total. The predicted molar refractivity (Wildman–Crippen MR) is 113 cm³/mol. The lowest BCUT2D eigenvalue weighted by atomic mass is 9.87. The number of carbonyl (C=O) groups is 1. The molecule has 0 saturated carbocycles. The van der Waals surface area contributed by atoms with Crippen LogP contribution in [0.2, 0.25) is 0 Å². The van der Waals surface area contributed by atoms with Gasteiger partial charge in [-0.15, -0.1) is 0 Å². The minimum atomic E-state index is -3.60. The molecule has 0 bridgehead atoms. The van der Waals surface area contributed by atoms with Crippen LogP contribution in [0.1, 0.15) is 58.9 Å². The quantitative estimate of drug-likeness (QED) is 0.692. The van der Waals surface area contributed by atoms with Gasteiger partial charge in [0.15, 0.2) is 0 Å². The van der Waals surface area contributed by atoms with Crippen LogP contribution in [-0.4, -0.2) is 51.4 Å². The zero-order valence-electron chi connectivity index (χ0n) is 17.6. The van der Waals surface area contributed by atoms with Gasteiger partial charge in [0.05, 0.1) is 4.90 Å². The van der Waals surface area contributed by atoms with Crippen LogP contribution in [0, 0.1) is 0 Å². The molecule has 6 nitrogen and oxygen atoms in total. The van der Waals surface area contributed by atoms with Crippen LogP contribution in [0.3, 0.4) is 0 Å². The molecular weight excluding hydrogens is 374 g/mol. The highest BCUT2D eigenvalue weighted by atomic mass is 32.2. The van der Waals surface area contributed by atoms with Gasteiger partial charge in [0.1, 0.15) is 0 Å². The zero-order chi connectivity index (χ0) is 20.8. The highest BCUT2D eigenvalue weighted by Gasteiger charge is 2.19. The normalized spacial score (nSPS) is 18.8. The Morgan fingerprint density at radius 2 is 1.82 bits per heavy atom. The summed E-state index contributed by atoms with van der Waals surface area (Å²) in [5.74, 6) is -0.129. The second-order valence-electron chi connectivity index (χ2n) is 8.65. The Morgan fingerprint density at radius 3 is 2.43 bits per heavy atom. The van der Waals surface area contributed by atoms with Gasteiger partial charge >= 0.3 is 0 Å². The van der Waals surface area contributed by atoms with Gasteiger partial charge in [-0.25, -0.2) is 13.1 Å². The standard InChI is InChI=1S/C21H35N3O3S/c1-17-7-5-6-15-24(17)16-14-22-20(25)12-13-23-28(26,27)19-10-8-18(9-11-19)21(2,3)4/h8-11,17,23H,5-7,12-16H2,1-4H3,(H,22,25). The molecule has 28 heavy (non-hydrogen) atoms. The Balaban J connectivity index is 1.73. The van der Waals surface area contributed by atoms with E-state index in [0.29, 0.717) is 12.6 Å². The summed E-state index contributed by atoms with van der Waals surface area (Å²) in [6, 6.07) is 7.47. The molecule has 1 fully saturated rings. The molecule has 1 atom stereocenters. The number of nitrogens with zero attached hydrogens (tertiary/aromatic N) is 1. The summed E-state index contributed by atoms with van der Waals surface area (Å²) in [6.45, 7) is 11.1. The van der Waals surface area contributed by atoms with Crippen LogP contribution in [0.15, 0.2) is 29.2 Å². The lowest BCUT2D eigenvalue weighted by Gasteiger charge is -2.33. The molecule has 0 spiro atoms. The molecule has 0 radical (unpaired) electrons. The first-order valence-corrected chi connectivity index (χ1v) is 11.7. The largest absolute Gasteiger partial charge is 0.355 e. The average molecular weight is 410 g/mol. The third kappa shape index (κ3) is 6.87. The maximum atomic E-state index is 12.4. The van der Waals surface area contributed by atoms with Gasteiger partial charge in [0.25, 0.3) is 0 Å². The van der Waals surface area contributed by atoms with E-state index in [0.717, 1.165) is 18.7 Å². The average Bonchev–Trinajstić information content (AvgIpc) is 2.62. The number of nitrogens with one attached hydrogen (secondary N) is 2. The van der Waals surface area contributed by atoms with E-state index in [1.807, 2.05) is 12.1 Å². The molecule has 1 saturated heterocycles. The van der Waals surface area contributed by atoms with Crippen molar-refractivity contribution in [2.45, 2.75) is 69.7 Å². The van der Waals surface area contributed by atoms with E-state index in [1.165, 1.54) is 19.3 Å². The van der Waals surface area contributed by atoms with Crippen molar-refractivity contribution >= 4 is 15.9 Å². The Kier molecular flexibility index (Phi) is 8.04.